The number of carbonyl (C=O) groups excluding carboxylic acids is 1. The van der Waals surface area contributed by atoms with Gasteiger partial charge in [-0.25, -0.2) is 0 Å². The number of hydrogen-bond acceptors (Lipinski definition) is 3. The first-order valence-corrected chi connectivity index (χ1v) is 7.74. The lowest BCUT2D eigenvalue weighted by molar-refractivity contribution is -0.0917. The molecule has 0 bridgehead atoms. The minimum atomic E-state index is -0.0970. The van der Waals surface area contributed by atoms with Crippen LogP contribution in [0.5, 0.6) is 5.75 Å². The Hall–Kier alpha value is -1.55. The van der Waals surface area contributed by atoms with Gasteiger partial charge in [0.05, 0.1) is 5.60 Å². The van der Waals surface area contributed by atoms with Crippen LogP contribution in [-0.4, -0.2) is 29.3 Å². The Morgan fingerprint density at radius 2 is 2.14 bits per heavy atom. The summed E-state index contributed by atoms with van der Waals surface area (Å²) < 4.78 is 5.94. The topological polar surface area (TPSA) is 58.6 Å². The Balaban J connectivity index is 2.05. The summed E-state index contributed by atoms with van der Waals surface area (Å²) in [6.45, 7) is 6.80. The Kier molecular flexibility index (Phi) is 4.88. The van der Waals surface area contributed by atoms with E-state index in [4.69, 9.17) is 4.74 Å². The molecule has 1 unspecified atom stereocenters. The first kappa shape index (κ1) is 15.8. The molecule has 0 aromatic heterocycles. The van der Waals surface area contributed by atoms with E-state index in [1.165, 1.54) is 0 Å². The third-order valence-corrected chi connectivity index (χ3v) is 4.57. The molecule has 21 heavy (non-hydrogen) atoms. The quantitative estimate of drug-likeness (QED) is 0.896. The molecule has 0 saturated carbocycles. The Labute approximate surface area is 126 Å². The first-order chi connectivity index (χ1) is 9.99. The SMILES string of the molecule is CCC1(CC)CC(NC(=O)c2ccc(O)cc2C)CCO1. The normalized spacial score (nSPS) is 21.0. The number of hydrogen-bond donors (Lipinski definition) is 2. The molecule has 1 heterocycles. The maximum Gasteiger partial charge on any atom is 0.251 e. The van der Waals surface area contributed by atoms with Gasteiger partial charge in [0.15, 0.2) is 0 Å². The summed E-state index contributed by atoms with van der Waals surface area (Å²) in [5.74, 6) is 0.117. The number of amides is 1. The van der Waals surface area contributed by atoms with Crippen molar-refractivity contribution in [1.82, 2.24) is 5.32 Å². The molecule has 0 spiro atoms. The highest BCUT2D eigenvalue weighted by molar-refractivity contribution is 5.96. The van der Waals surface area contributed by atoms with Gasteiger partial charge in [-0.3, -0.25) is 4.79 Å². The zero-order chi connectivity index (χ0) is 15.5. The third-order valence-electron chi connectivity index (χ3n) is 4.57. The fourth-order valence-corrected chi connectivity index (χ4v) is 3.06. The van der Waals surface area contributed by atoms with Crippen LogP contribution in [0.15, 0.2) is 18.2 Å². The second kappa shape index (κ2) is 6.48. The van der Waals surface area contributed by atoms with Crippen molar-refractivity contribution in [3.8, 4) is 5.75 Å². The van der Waals surface area contributed by atoms with Gasteiger partial charge in [0.25, 0.3) is 5.91 Å². The lowest BCUT2D eigenvalue weighted by atomic mass is 9.86. The molecule has 4 heteroatoms. The van der Waals surface area contributed by atoms with Crippen molar-refractivity contribution in [3.63, 3.8) is 0 Å². The van der Waals surface area contributed by atoms with Gasteiger partial charge in [0.1, 0.15) is 5.75 Å². The van der Waals surface area contributed by atoms with Gasteiger partial charge in [0, 0.05) is 18.2 Å². The predicted molar refractivity (Wildman–Crippen MR) is 82.6 cm³/mol. The Bertz CT molecular complexity index is 509. The molecule has 1 atom stereocenters. The fourth-order valence-electron chi connectivity index (χ4n) is 3.06. The second-order valence-electron chi connectivity index (χ2n) is 5.90. The maximum atomic E-state index is 12.4. The summed E-state index contributed by atoms with van der Waals surface area (Å²) in [6.07, 6.45) is 3.65. The molecule has 1 amide bonds. The fraction of sp³-hybridized carbons (Fsp3) is 0.588. The molecule has 1 aromatic rings. The molecule has 1 aliphatic rings. The van der Waals surface area contributed by atoms with Gasteiger partial charge in [0.2, 0.25) is 0 Å². The summed E-state index contributed by atoms with van der Waals surface area (Å²) >= 11 is 0. The van der Waals surface area contributed by atoms with E-state index in [0.717, 1.165) is 31.2 Å². The number of rotatable bonds is 4. The summed E-state index contributed by atoms with van der Waals surface area (Å²) in [6, 6.07) is 4.99. The lowest BCUT2D eigenvalue weighted by Gasteiger charge is -2.40. The van der Waals surface area contributed by atoms with Gasteiger partial charge in [-0.15, -0.1) is 0 Å². The van der Waals surface area contributed by atoms with Crippen LogP contribution >= 0.6 is 0 Å². The van der Waals surface area contributed by atoms with Crippen LogP contribution < -0.4 is 5.32 Å². The number of aromatic hydroxyl groups is 1. The van der Waals surface area contributed by atoms with Gasteiger partial charge >= 0.3 is 0 Å². The van der Waals surface area contributed by atoms with E-state index >= 15 is 0 Å². The largest absolute Gasteiger partial charge is 0.508 e. The molecule has 1 saturated heterocycles. The average Bonchev–Trinajstić information content (AvgIpc) is 2.47. The second-order valence-corrected chi connectivity index (χ2v) is 5.90. The van der Waals surface area contributed by atoms with Crippen LogP contribution in [0.25, 0.3) is 0 Å². The van der Waals surface area contributed by atoms with Crippen molar-refractivity contribution in [1.29, 1.82) is 0 Å². The van der Waals surface area contributed by atoms with Gasteiger partial charge < -0.3 is 15.2 Å². The van der Waals surface area contributed by atoms with Crippen molar-refractivity contribution < 1.29 is 14.6 Å². The number of phenolic OH excluding ortho intramolecular Hbond substituents is 1. The van der Waals surface area contributed by atoms with E-state index in [2.05, 4.69) is 19.2 Å². The van der Waals surface area contributed by atoms with Crippen LogP contribution in [0.3, 0.4) is 0 Å². The van der Waals surface area contributed by atoms with E-state index < -0.39 is 0 Å². The van der Waals surface area contributed by atoms with E-state index in [9.17, 15) is 9.90 Å². The molecule has 2 N–H and O–H groups in total. The van der Waals surface area contributed by atoms with Crippen LogP contribution in [0, 0.1) is 6.92 Å². The molecule has 4 nitrogen and oxygen atoms in total. The Morgan fingerprint density at radius 3 is 2.76 bits per heavy atom. The standard InChI is InChI=1S/C17H25NO3/c1-4-17(5-2)11-13(8-9-21-17)18-16(20)15-7-6-14(19)10-12(15)3/h6-7,10,13,19H,4-5,8-9,11H2,1-3H3,(H,18,20). The van der Waals surface area contributed by atoms with E-state index in [0.29, 0.717) is 12.2 Å². The number of aryl methyl sites for hydroxylation is 1. The number of phenols is 1. The molecular weight excluding hydrogens is 266 g/mol. The van der Waals surface area contributed by atoms with Crippen molar-refractivity contribution in [2.75, 3.05) is 6.61 Å². The number of carbonyl (C=O) groups is 1. The summed E-state index contributed by atoms with van der Waals surface area (Å²) in [4.78, 5) is 12.4. The van der Waals surface area contributed by atoms with E-state index in [1.54, 1.807) is 18.2 Å². The number of nitrogens with one attached hydrogen (secondary N) is 1. The molecule has 1 aromatic carbocycles. The monoisotopic (exact) mass is 291 g/mol. The van der Waals surface area contributed by atoms with Gasteiger partial charge in [-0.2, -0.15) is 0 Å². The average molecular weight is 291 g/mol. The zero-order valence-electron chi connectivity index (χ0n) is 13.1. The first-order valence-electron chi connectivity index (χ1n) is 7.74. The minimum Gasteiger partial charge on any atom is -0.508 e. The number of ether oxygens (including phenoxy) is 1. The maximum absolute atomic E-state index is 12.4. The highest BCUT2D eigenvalue weighted by Crippen LogP contribution is 2.31. The molecular formula is C17H25NO3. The lowest BCUT2D eigenvalue weighted by Crippen LogP contribution is -2.48. The molecule has 0 aliphatic carbocycles. The predicted octanol–water partition coefficient (Wildman–Crippen LogP) is 3.17. The third kappa shape index (κ3) is 3.56. The minimum absolute atomic E-state index is 0.0690. The molecule has 1 aliphatic heterocycles. The van der Waals surface area contributed by atoms with Crippen molar-refractivity contribution in [2.24, 2.45) is 0 Å². The molecule has 0 radical (unpaired) electrons. The van der Waals surface area contributed by atoms with E-state index in [1.807, 2.05) is 6.92 Å². The highest BCUT2D eigenvalue weighted by atomic mass is 16.5. The smallest absolute Gasteiger partial charge is 0.251 e. The van der Waals surface area contributed by atoms with E-state index in [-0.39, 0.29) is 23.3 Å². The van der Waals surface area contributed by atoms with Crippen LogP contribution in [-0.2, 0) is 4.74 Å². The van der Waals surface area contributed by atoms with Crippen molar-refractivity contribution >= 4 is 5.91 Å². The van der Waals surface area contributed by atoms with Gasteiger partial charge in [-0.05, 0) is 56.4 Å². The van der Waals surface area contributed by atoms with Crippen molar-refractivity contribution in [3.05, 3.63) is 29.3 Å². The van der Waals surface area contributed by atoms with Crippen LogP contribution in [0.2, 0.25) is 0 Å². The summed E-state index contributed by atoms with van der Waals surface area (Å²) in [5, 5.41) is 12.5. The van der Waals surface area contributed by atoms with Gasteiger partial charge in [-0.1, -0.05) is 13.8 Å². The van der Waals surface area contributed by atoms with Crippen molar-refractivity contribution in [2.45, 2.75) is 58.1 Å². The van der Waals surface area contributed by atoms with Crippen LogP contribution in [0.4, 0.5) is 0 Å². The molecule has 116 valence electrons. The molecule has 2 rings (SSSR count). The highest BCUT2D eigenvalue weighted by Gasteiger charge is 2.35. The van der Waals surface area contributed by atoms with Crippen LogP contribution in [0.1, 0.15) is 55.5 Å². The number of benzene rings is 1. The zero-order valence-corrected chi connectivity index (χ0v) is 13.1. The summed E-state index contributed by atoms with van der Waals surface area (Å²) in [7, 11) is 0. The molecule has 1 fully saturated rings. The summed E-state index contributed by atoms with van der Waals surface area (Å²) in [5.41, 5.74) is 1.31. The Morgan fingerprint density at radius 1 is 1.43 bits per heavy atom.